The molecule has 2 aromatic heterocycles. The van der Waals surface area contributed by atoms with Crippen molar-refractivity contribution in [2.24, 2.45) is 0 Å². The number of carbonyl (C=O) groups is 2. The van der Waals surface area contributed by atoms with Crippen LogP contribution in [-0.4, -0.2) is 83.9 Å². The van der Waals surface area contributed by atoms with Gasteiger partial charge < -0.3 is 24.7 Å². The number of aromatic amines is 1. The molecule has 0 aliphatic rings. The Morgan fingerprint density at radius 2 is 1.76 bits per heavy atom. The Labute approximate surface area is 291 Å². The van der Waals surface area contributed by atoms with Crippen LogP contribution in [0.25, 0.3) is 11.2 Å². The van der Waals surface area contributed by atoms with Crippen LogP contribution in [0.1, 0.15) is 56.6 Å². The second kappa shape index (κ2) is 17.8. The molecule has 0 radical (unpaired) electrons. The van der Waals surface area contributed by atoms with E-state index in [1.54, 1.807) is 35.8 Å². The molecular weight excluding hydrogens is 659 g/mol. The first-order valence-corrected chi connectivity index (χ1v) is 18.6. The van der Waals surface area contributed by atoms with Gasteiger partial charge in [0.2, 0.25) is 7.44 Å². The molecule has 15 heteroatoms. The normalized spacial score (nSPS) is 15.2. The summed E-state index contributed by atoms with van der Waals surface area (Å²) >= 11 is 0. The van der Waals surface area contributed by atoms with Crippen LogP contribution in [-0.2, 0) is 27.1 Å². The lowest BCUT2D eigenvalue weighted by molar-refractivity contribution is -0.145. The Kier molecular flexibility index (Phi) is 13.6. The molecule has 5 N–H and O–H groups in total. The molecule has 4 rings (SSSR count). The lowest BCUT2D eigenvalue weighted by atomic mass is 9.76. The molecule has 2 unspecified atom stereocenters. The number of rotatable bonds is 21. The van der Waals surface area contributed by atoms with Gasteiger partial charge in [-0.2, -0.15) is 5.26 Å². The number of nitriles is 1. The van der Waals surface area contributed by atoms with Crippen LogP contribution in [0.2, 0.25) is 0 Å². The maximum atomic E-state index is 15.2. The van der Waals surface area contributed by atoms with Crippen molar-refractivity contribution in [1.29, 1.82) is 5.26 Å². The quantitative estimate of drug-likeness (QED) is 0.0611. The van der Waals surface area contributed by atoms with Gasteiger partial charge in [-0.3, -0.25) is 18.9 Å². The summed E-state index contributed by atoms with van der Waals surface area (Å²) in [6.45, 7) is 5.01. The molecule has 0 bridgehead atoms. The van der Waals surface area contributed by atoms with Crippen LogP contribution in [0.15, 0.2) is 78.1 Å². The van der Waals surface area contributed by atoms with E-state index >= 15 is 4.57 Å². The first-order chi connectivity index (χ1) is 24.1. The summed E-state index contributed by atoms with van der Waals surface area (Å²) < 4.78 is 17.0. The zero-order chi connectivity index (χ0) is 36.1. The summed E-state index contributed by atoms with van der Waals surface area (Å²) in [5.41, 5.74) is 0.0241. The van der Waals surface area contributed by atoms with Crippen molar-refractivity contribution in [1.82, 2.24) is 34.6 Å². The van der Waals surface area contributed by atoms with Crippen molar-refractivity contribution in [2.75, 3.05) is 25.8 Å². The number of fused-ring (bicyclic) bond motifs is 1. The van der Waals surface area contributed by atoms with Gasteiger partial charge in [0.15, 0.2) is 11.2 Å². The fourth-order valence-electron chi connectivity index (χ4n) is 6.37. The largest absolute Gasteiger partial charge is 0.480 e. The molecule has 0 fully saturated rings. The minimum absolute atomic E-state index is 0.0235. The highest BCUT2D eigenvalue weighted by molar-refractivity contribution is 7.60. The van der Waals surface area contributed by atoms with Gasteiger partial charge in [0, 0.05) is 38.1 Å². The number of aliphatic carboxylic acids is 2. The fraction of sp³-hybridized carbons (Fsp3) is 0.429. The summed E-state index contributed by atoms with van der Waals surface area (Å²) in [4.78, 5) is 51.0. The van der Waals surface area contributed by atoms with Crippen LogP contribution in [0, 0.1) is 11.3 Å². The molecule has 14 nitrogen and oxygen atoms in total. The maximum absolute atomic E-state index is 15.2. The Hall–Kier alpha value is -4.67. The molecule has 0 aliphatic heterocycles. The van der Waals surface area contributed by atoms with Crippen LogP contribution in [0.5, 0.6) is 0 Å². The molecule has 2 heterocycles. The number of carboxylic acid groups (broad SMARTS) is 2. The number of carboxylic acids is 2. The third kappa shape index (κ3) is 9.52. The summed E-state index contributed by atoms with van der Waals surface area (Å²) in [6.07, 6.45) is 4.04. The molecule has 2 aromatic carbocycles. The van der Waals surface area contributed by atoms with Gasteiger partial charge in [-0.1, -0.05) is 74.5 Å². The van der Waals surface area contributed by atoms with Crippen LogP contribution in [0.4, 0.5) is 0 Å². The van der Waals surface area contributed by atoms with E-state index in [4.69, 9.17) is 0 Å². The molecular formula is C35H45N8O6P. The highest BCUT2D eigenvalue weighted by atomic mass is 31.2. The summed E-state index contributed by atoms with van der Waals surface area (Å²) in [5.74, 6) is -2.99. The van der Waals surface area contributed by atoms with Gasteiger partial charge in [-0.25, -0.2) is 20.1 Å². The third-order valence-electron chi connectivity index (χ3n) is 9.03. The molecule has 4 atom stereocenters. The van der Waals surface area contributed by atoms with Crippen molar-refractivity contribution in [3.8, 4) is 6.07 Å². The zero-order valence-electron chi connectivity index (χ0n) is 28.4. The molecule has 0 spiro atoms. The van der Waals surface area contributed by atoms with Crippen LogP contribution in [0.3, 0.4) is 0 Å². The van der Waals surface area contributed by atoms with Gasteiger partial charge in [0.25, 0.3) is 5.56 Å². The van der Waals surface area contributed by atoms with Crippen molar-refractivity contribution in [2.45, 2.75) is 70.0 Å². The first-order valence-electron chi connectivity index (χ1n) is 16.7. The molecule has 0 amide bonds. The number of nitrogens with zero attached hydrogens (tertiary/aromatic N) is 5. The van der Waals surface area contributed by atoms with Gasteiger partial charge in [-0.05, 0) is 43.4 Å². The first kappa shape index (κ1) is 38.1. The standard InChI is InChI=1S/C35H45N8O6P/c1-3-28(27-15-9-6-10-16-27)35(4-2,34(47)48)41-50(49,40-29(33(45)46)23-26-13-7-5-8-14-26)22-21-42(18-12-11-17-36)19-20-43-25-39-30-31(43)37-24-38-32(30)44/h5-10,13-16,24-25,28-29H,3-4,11-12,18-23H2,1-2H3,(H,45,46)(H,47,48)(H,37,38,44)(H2,40,41,49)/t28?,29-,35+,50?/m0/s1. The Morgan fingerprint density at radius 3 is 2.38 bits per heavy atom. The van der Waals surface area contributed by atoms with E-state index in [-0.39, 0.29) is 36.6 Å². The minimum Gasteiger partial charge on any atom is -0.480 e. The zero-order valence-corrected chi connectivity index (χ0v) is 29.3. The highest BCUT2D eigenvalue weighted by Gasteiger charge is 2.49. The van der Waals surface area contributed by atoms with E-state index in [0.29, 0.717) is 50.1 Å². The highest BCUT2D eigenvalue weighted by Crippen LogP contribution is 2.46. The van der Waals surface area contributed by atoms with Crippen molar-refractivity contribution >= 4 is 30.5 Å². The second-order valence-electron chi connectivity index (χ2n) is 12.2. The number of hydrogen-bond acceptors (Lipinski definition) is 8. The molecule has 266 valence electrons. The fourth-order valence-corrected chi connectivity index (χ4v) is 9.00. The molecule has 4 aromatic rings. The van der Waals surface area contributed by atoms with E-state index in [9.17, 15) is 29.9 Å². The van der Waals surface area contributed by atoms with Gasteiger partial charge in [0.1, 0.15) is 11.6 Å². The topological polar surface area (TPSA) is 206 Å². The molecule has 50 heavy (non-hydrogen) atoms. The molecule has 0 aliphatic carbocycles. The van der Waals surface area contributed by atoms with E-state index in [1.807, 2.05) is 48.2 Å². The predicted octanol–water partition coefficient (Wildman–Crippen LogP) is 4.22. The van der Waals surface area contributed by atoms with Crippen LogP contribution >= 0.6 is 7.44 Å². The average molecular weight is 705 g/mol. The number of unbranched alkanes of at least 4 members (excludes halogenated alkanes) is 1. The predicted molar refractivity (Wildman–Crippen MR) is 190 cm³/mol. The molecule has 0 saturated heterocycles. The van der Waals surface area contributed by atoms with Gasteiger partial charge >= 0.3 is 11.9 Å². The van der Waals surface area contributed by atoms with E-state index in [1.165, 1.54) is 12.7 Å². The lowest BCUT2D eigenvalue weighted by Crippen LogP contribution is -2.57. The lowest BCUT2D eigenvalue weighted by Gasteiger charge is -2.41. The minimum atomic E-state index is -4.01. The van der Waals surface area contributed by atoms with E-state index in [2.05, 4.69) is 31.2 Å². The number of hydrogen-bond donors (Lipinski definition) is 5. The Morgan fingerprint density at radius 1 is 1.06 bits per heavy atom. The van der Waals surface area contributed by atoms with Crippen molar-refractivity contribution < 1.29 is 24.4 Å². The smallest absolute Gasteiger partial charge is 0.324 e. The monoisotopic (exact) mass is 704 g/mol. The third-order valence-corrected chi connectivity index (χ3v) is 11.3. The maximum Gasteiger partial charge on any atom is 0.324 e. The average Bonchev–Trinajstić information content (AvgIpc) is 3.54. The van der Waals surface area contributed by atoms with Gasteiger partial charge in [0.05, 0.1) is 18.7 Å². The number of H-pyrrole nitrogens is 1. The van der Waals surface area contributed by atoms with Gasteiger partial charge in [-0.15, -0.1) is 0 Å². The van der Waals surface area contributed by atoms with E-state index < -0.39 is 36.9 Å². The summed E-state index contributed by atoms with van der Waals surface area (Å²) in [7, 11) is -4.01. The molecule has 0 saturated carbocycles. The van der Waals surface area contributed by atoms with E-state index in [0.717, 1.165) is 5.56 Å². The summed E-state index contributed by atoms with van der Waals surface area (Å²) in [6, 6.07) is 19.0. The summed E-state index contributed by atoms with van der Waals surface area (Å²) in [5, 5.41) is 36.3. The number of imidazole rings is 1. The number of nitrogens with one attached hydrogen (secondary N) is 3. The SMILES string of the molecule is CCC(c1ccccc1)[C@@](CC)(NP(=O)(CCN(CCCC#N)CCn1cnc2c(=O)[nH]cnc21)N[C@@H](Cc1ccccc1)C(=O)O)C(=O)O. The Bertz CT molecular complexity index is 1860. The number of aromatic nitrogens is 4. The van der Waals surface area contributed by atoms with Crippen molar-refractivity contribution in [3.63, 3.8) is 0 Å². The van der Waals surface area contributed by atoms with Crippen molar-refractivity contribution in [3.05, 3.63) is 94.8 Å². The number of benzene rings is 2. The van der Waals surface area contributed by atoms with Crippen LogP contribution < -0.4 is 15.7 Å². The Balaban J connectivity index is 1.68. The second-order valence-corrected chi connectivity index (χ2v) is 14.6.